The van der Waals surface area contributed by atoms with Crippen LogP contribution in [-0.2, 0) is 14.3 Å². The summed E-state index contributed by atoms with van der Waals surface area (Å²) in [6.45, 7) is 18.9. The van der Waals surface area contributed by atoms with Gasteiger partial charge in [-0.05, 0) is 109 Å². The van der Waals surface area contributed by atoms with Crippen LogP contribution in [0.1, 0.15) is 84.5 Å². The predicted molar refractivity (Wildman–Crippen MR) is 159 cm³/mol. The second-order valence-corrected chi connectivity index (χ2v) is 12.7. The molecule has 2 aromatic rings. The molecule has 2 atom stereocenters. The molecule has 2 aromatic carbocycles. The summed E-state index contributed by atoms with van der Waals surface area (Å²) in [5.74, 6) is 0.0382. The number of aryl methyl sites for hydroxylation is 2. The van der Waals surface area contributed by atoms with Gasteiger partial charge in [0, 0.05) is 11.2 Å². The summed E-state index contributed by atoms with van der Waals surface area (Å²) in [6, 6.07) is 10.9. The van der Waals surface area contributed by atoms with Gasteiger partial charge in [0.25, 0.3) is 5.91 Å². The lowest BCUT2D eigenvalue weighted by molar-refractivity contribution is -0.147. The fraction of sp³-hybridized carbons (Fsp3) is 0.531. The Kier molecular flexibility index (Phi) is 10.8. The van der Waals surface area contributed by atoms with Crippen LogP contribution in [-0.4, -0.2) is 47.1 Å². The van der Waals surface area contributed by atoms with Gasteiger partial charge in [0.05, 0.1) is 7.11 Å². The van der Waals surface area contributed by atoms with E-state index in [4.69, 9.17) is 9.47 Å². The van der Waals surface area contributed by atoms with Crippen LogP contribution in [0.2, 0.25) is 0 Å². The zero-order valence-corrected chi connectivity index (χ0v) is 26.0. The van der Waals surface area contributed by atoms with Crippen LogP contribution < -0.4 is 15.4 Å². The largest absolute Gasteiger partial charge is 0.497 e. The molecule has 0 fully saturated rings. The molecule has 8 nitrogen and oxygen atoms in total. The maximum absolute atomic E-state index is 14.4. The molecule has 220 valence electrons. The SMILES string of the molecule is COc1ccc(NC(=O)C(c2ccc(C)c(C)c2)N(C(=O)C(CC(C)C)NC(=O)OC(C)(C)C)C(C)(C)C)cc1. The van der Waals surface area contributed by atoms with Crippen molar-refractivity contribution < 1.29 is 23.9 Å². The first-order chi connectivity index (χ1) is 18.4. The molecule has 0 aliphatic heterocycles. The highest BCUT2D eigenvalue weighted by atomic mass is 16.6. The van der Waals surface area contributed by atoms with E-state index in [0.29, 0.717) is 23.4 Å². The first-order valence-electron chi connectivity index (χ1n) is 13.8. The highest BCUT2D eigenvalue weighted by molar-refractivity contribution is 5.99. The lowest BCUT2D eigenvalue weighted by atomic mass is 9.92. The molecule has 0 spiro atoms. The average Bonchev–Trinajstić information content (AvgIpc) is 2.81. The number of methoxy groups -OCH3 is 1. The predicted octanol–water partition coefficient (Wildman–Crippen LogP) is 6.56. The van der Waals surface area contributed by atoms with Crippen molar-refractivity contribution in [2.45, 2.75) is 98.9 Å². The van der Waals surface area contributed by atoms with E-state index >= 15 is 0 Å². The number of nitrogens with one attached hydrogen (secondary N) is 2. The Morgan fingerprint density at radius 1 is 0.900 bits per heavy atom. The summed E-state index contributed by atoms with van der Waals surface area (Å²) in [5, 5.41) is 5.77. The number of hydrogen-bond donors (Lipinski definition) is 2. The molecule has 8 heteroatoms. The topological polar surface area (TPSA) is 97.0 Å². The van der Waals surface area contributed by atoms with Gasteiger partial charge in [0.15, 0.2) is 0 Å². The summed E-state index contributed by atoms with van der Waals surface area (Å²) in [7, 11) is 1.58. The number of nitrogens with zero attached hydrogens (tertiary/aromatic N) is 1. The highest BCUT2D eigenvalue weighted by Gasteiger charge is 2.42. The van der Waals surface area contributed by atoms with Gasteiger partial charge < -0.3 is 25.0 Å². The molecule has 2 N–H and O–H groups in total. The molecule has 0 heterocycles. The monoisotopic (exact) mass is 553 g/mol. The average molecular weight is 554 g/mol. The molecule has 40 heavy (non-hydrogen) atoms. The van der Waals surface area contributed by atoms with E-state index in [-0.39, 0.29) is 17.7 Å². The van der Waals surface area contributed by atoms with Gasteiger partial charge in [0.2, 0.25) is 5.91 Å². The minimum absolute atomic E-state index is 0.0962. The first kappa shape index (κ1) is 32.7. The maximum atomic E-state index is 14.4. The second kappa shape index (κ2) is 13.2. The number of amides is 3. The molecule has 0 aliphatic rings. The van der Waals surface area contributed by atoms with Crippen LogP contribution >= 0.6 is 0 Å². The zero-order valence-electron chi connectivity index (χ0n) is 26.0. The minimum Gasteiger partial charge on any atom is -0.497 e. The van der Waals surface area contributed by atoms with Gasteiger partial charge in [-0.3, -0.25) is 9.59 Å². The van der Waals surface area contributed by atoms with Crippen LogP contribution in [0.4, 0.5) is 10.5 Å². The third kappa shape index (κ3) is 9.28. The highest BCUT2D eigenvalue weighted by Crippen LogP contribution is 2.33. The maximum Gasteiger partial charge on any atom is 0.408 e. The lowest BCUT2D eigenvalue weighted by Gasteiger charge is -2.43. The summed E-state index contributed by atoms with van der Waals surface area (Å²) >= 11 is 0. The van der Waals surface area contributed by atoms with E-state index in [2.05, 4.69) is 10.6 Å². The Hall–Kier alpha value is -3.55. The minimum atomic E-state index is -0.969. The molecular formula is C32H47N3O5. The van der Waals surface area contributed by atoms with E-state index in [1.54, 1.807) is 57.0 Å². The van der Waals surface area contributed by atoms with Crippen molar-refractivity contribution in [2.24, 2.45) is 5.92 Å². The van der Waals surface area contributed by atoms with Gasteiger partial charge in [-0.2, -0.15) is 0 Å². The van der Waals surface area contributed by atoms with Crippen molar-refractivity contribution in [1.29, 1.82) is 0 Å². The van der Waals surface area contributed by atoms with Crippen molar-refractivity contribution >= 4 is 23.6 Å². The molecule has 2 rings (SSSR count). The van der Waals surface area contributed by atoms with E-state index in [1.807, 2.05) is 66.7 Å². The third-order valence-electron chi connectivity index (χ3n) is 6.37. The van der Waals surface area contributed by atoms with E-state index in [0.717, 1.165) is 11.1 Å². The first-order valence-corrected chi connectivity index (χ1v) is 13.8. The molecule has 0 bridgehead atoms. The van der Waals surface area contributed by atoms with Gasteiger partial charge >= 0.3 is 6.09 Å². The van der Waals surface area contributed by atoms with Gasteiger partial charge in [0.1, 0.15) is 23.4 Å². The molecule has 0 aromatic heterocycles. The number of hydrogen-bond acceptors (Lipinski definition) is 5. The quantitative estimate of drug-likeness (QED) is 0.367. The standard InChI is InChI=1S/C32H47N3O5/c1-20(2)18-26(34-30(38)40-32(8,9)10)29(37)35(31(5,6)7)27(23-13-12-21(3)22(4)19-23)28(36)33-24-14-16-25(39-11)17-15-24/h12-17,19-20,26-27H,18H2,1-11H3,(H,33,36)(H,34,38). The lowest BCUT2D eigenvalue weighted by Crippen LogP contribution is -2.58. The van der Waals surface area contributed by atoms with Crippen LogP contribution in [0.15, 0.2) is 42.5 Å². The van der Waals surface area contributed by atoms with Crippen molar-refractivity contribution in [1.82, 2.24) is 10.2 Å². The van der Waals surface area contributed by atoms with Crippen molar-refractivity contribution in [3.8, 4) is 5.75 Å². The van der Waals surface area contributed by atoms with Gasteiger partial charge in [-0.15, -0.1) is 0 Å². The number of anilines is 1. The van der Waals surface area contributed by atoms with E-state index < -0.39 is 29.3 Å². The fourth-order valence-corrected chi connectivity index (χ4v) is 4.39. The summed E-state index contributed by atoms with van der Waals surface area (Å²) < 4.78 is 10.7. The Balaban J connectivity index is 2.61. The molecular weight excluding hydrogens is 506 g/mol. The summed E-state index contributed by atoms with van der Waals surface area (Å²) in [5.41, 5.74) is 1.84. The van der Waals surface area contributed by atoms with Crippen LogP contribution in [0.25, 0.3) is 0 Å². The molecule has 0 saturated carbocycles. The normalized spacial score (nSPS) is 13.3. The number of carbonyl (C=O) groups is 3. The molecule has 0 radical (unpaired) electrons. The molecule has 0 saturated heterocycles. The van der Waals surface area contributed by atoms with E-state index in [9.17, 15) is 14.4 Å². The third-order valence-corrected chi connectivity index (χ3v) is 6.37. The summed E-state index contributed by atoms with van der Waals surface area (Å²) in [4.78, 5) is 42.8. The molecule has 0 aliphatic carbocycles. The van der Waals surface area contributed by atoms with Crippen LogP contribution in [0, 0.1) is 19.8 Å². The van der Waals surface area contributed by atoms with Crippen molar-refractivity contribution in [3.63, 3.8) is 0 Å². The Labute approximate surface area is 239 Å². The smallest absolute Gasteiger partial charge is 0.408 e. The Morgan fingerprint density at radius 2 is 1.50 bits per heavy atom. The van der Waals surface area contributed by atoms with Crippen molar-refractivity contribution in [2.75, 3.05) is 12.4 Å². The van der Waals surface area contributed by atoms with Crippen LogP contribution in [0.3, 0.4) is 0 Å². The fourth-order valence-electron chi connectivity index (χ4n) is 4.39. The zero-order chi connectivity index (χ0) is 30.4. The Morgan fingerprint density at radius 3 is 1.98 bits per heavy atom. The Bertz CT molecular complexity index is 1180. The number of rotatable bonds is 9. The van der Waals surface area contributed by atoms with Gasteiger partial charge in [-0.1, -0.05) is 32.0 Å². The molecule has 2 unspecified atom stereocenters. The van der Waals surface area contributed by atoms with Gasteiger partial charge in [-0.25, -0.2) is 4.79 Å². The van der Waals surface area contributed by atoms with Crippen LogP contribution in [0.5, 0.6) is 5.75 Å². The number of benzene rings is 2. The second-order valence-electron chi connectivity index (χ2n) is 12.7. The van der Waals surface area contributed by atoms with E-state index in [1.165, 1.54) is 0 Å². The number of ether oxygens (including phenoxy) is 2. The molecule has 3 amide bonds. The number of carbonyl (C=O) groups excluding carboxylic acids is 3. The summed E-state index contributed by atoms with van der Waals surface area (Å²) in [6.07, 6.45) is -0.296. The number of alkyl carbamates (subject to hydrolysis) is 1. The van der Waals surface area contributed by atoms with Crippen molar-refractivity contribution in [3.05, 3.63) is 59.2 Å².